The molecule has 2 fully saturated rings. The molecule has 1 aliphatic heterocycles. The lowest BCUT2D eigenvalue weighted by atomic mass is 9.91. The first-order chi connectivity index (χ1) is 8.36. The van der Waals surface area contributed by atoms with E-state index in [2.05, 4.69) is 4.72 Å². The molecular formula is C11H21NO4S2. The molecule has 1 N–H and O–H groups in total. The standard InChI is InChI=1S/C11H21NO4S2/c13-17(14)7-6-11(9-17)12-18(15,16)8-10-4-2-1-3-5-10/h10-12H,1-9H2. The lowest BCUT2D eigenvalue weighted by Crippen LogP contribution is -2.39. The number of sulfonamides is 1. The maximum absolute atomic E-state index is 12.0. The Balaban J connectivity index is 1.87. The maximum Gasteiger partial charge on any atom is 0.212 e. The third-order valence-electron chi connectivity index (χ3n) is 3.76. The Morgan fingerprint density at radius 2 is 1.72 bits per heavy atom. The second-order valence-corrected chi connectivity index (χ2v) is 9.53. The molecule has 0 aromatic heterocycles. The molecule has 0 aromatic carbocycles. The summed E-state index contributed by atoms with van der Waals surface area (Å²) < 4.78 is 49.0. The van der Waals surface area contributed by atoms with Crippen LogP contribution in [0.3, 0.4) is 0 Å². The Morgan fingerprint density at radius 1 is 1.06 bits per heavy atom. The van der Waals surface area contributed by atoms with Crippen molar-refractivity contribution in [1.82, 2.24) is 4.72 Å². The first kappa shape index (κ1) is 14.3. The Kier molecular flexibility index (Phi) is 4.33. The highest BCUT2D eigenvalue weighted by atomic mass is 32.2. The van der Waals surface area contributed by atoms with Crippen LogP contribution in [0.2, 0.25) is 0 Å². The summed E-state index contributed by atoms with van der Waals surface area (Å²) in [5.74, 6) is 0.457. The SMILES string of the molecule is O=S1(=O)CCC(NS(=O)(=O)CC2CCCCC2)C1. The third kappa shape index (κ3) is 4.20. The van der Waals surface area contributed by atoms with Gasteiger partial charge >= 0.3 is 0 Å². The van der Waals surface area contributed by atoms with Gasteiger partial charge in [0.1, 0.15) is 0 Å². The van der Waals surface area contributed by atoms with E-state index in [1.165, 1.54) is 6.42 Å². The third-order valence-corrected chi connectivity index (χ3v) is 7.13. The van der Waals surface area contributed by atoms with Crippen LogP contribution in [0.25, 0.3) is 0 Å². The van der Waals surface area contributed by atoms with Crippen molar-refractivity contribution in [3.63, 3.8) is 0 Å². The van der Waals surface area contributed by atoms with Crippen molar-refractivity contribution in [1.29, 1.82) is 0 Å². The van der Waals surface area contributed by atoms with Crippen molar-refractivity contribution in [3.05, 3.63) is 0 Å². The van der Waals surface area contributed by atoms with E-state index < -0.39 is 25.9 Å². The Labute approximate surface area is 109 Å². The fraction of sp³-hybridized carbons (Fsp3) is 1.00. The fourth-order valence-corrected chi connectivity index (χ4v) is 6.39. The van der Waals surface area contributed by atoms with Gasteiger partial charge in [-0.05, 0) is 25.2 Å². The molecule has 1 unspecified atom stereocenters. The first-order valence-corrected chi connectivity index (χ1v) is 10.0. The summed E-state index contributed by atoms with van der Waals surface area (Å²) in [5, 5.41) is 0. The van der Waals surface area contributed by atoms with E-state index in [4.69, 9.17) is 0 Å². The highest BCUT2D eigenvalue weighted by Crippen LogP contribution is 2.25. The van der Waals surface area contributed by atoms with Crippen molar-refractivity contribution < 1.29 is 16.8 Å². The van der Waals surface area contributed by atoms with Gasteiger partial charge in [-0.15, -0.1) is 0 Å². The Bertz CT molecular complexity index is 477. The lowest BCUT2D eigenvalue weighted by Gasteiger charge is -2.22. The molecule has 0 radical (unpaired) electrons. The molecule has 1 saturated heterocycles. The van der Waals surface area contributed by atoms with Gasteiger partial charge in [0.2, 0.25) is 10.0 Å². The van der Waals surface area contributed by atoms with Crippen LogP contribution >= 0.6 is 0 Å². The highest BCUT2D eigenvalue weighted by molar-refractivity contribution is 7.92. The van der Waals surface area contributed by atoms with E-state index in [9.17, 15) is 16.8 Å². The zero-order chi connectivity index (χ0) is 13.2. The van der Waals surface area contributed by atoms with Gasteiger partial charge in [0, 0.05) is 6.04 Å². The molecule has 0 spiro atoms. The van der Waals surface area contributed by atoms with Crippen LogP contribution in [0.5, 0.6) is 0 Å². The molecule has 1 saturated carbocycles. The van der Waals surface area contributed by atoms with Gasteiger partial charge in [0.05, 0.1) is 17.3 Å². The predicted molar refractivity (Wildman–Crippen MR) is 70.6 cm³/mol. The van der Waals surface area contributed by atoms with Gasteiger partial charge < -0.3 is 0 Å². The molecule has 1 aliphatic carbocycles. The van der Waals surface area contributed by atoms with Crippen LogP contribution in [-0.2, 0) is 19.9 Å². The molecule has 5 nitrogen and oxygen atoms in total. The summed E-state index contributed by atoms with van der Waals surface area (Å²) in [6.07, 6.45) is 5.78. The Morgan fingerprint density at radius 3 is 2.28 bits per heavy atom. The van der Waals surface area contributed by atoms with E-state index >= 15 is 0 Å². The number of hydrogen-bond donors (Lipinski definition) is 1. The summed E-state index contributed by atoms with van der Waals surface area (Å²) in [5.41, 5.74) is 0. The second kappa shape index (κ2) is 5.46. The molecule has 0 amide bonds. The molecule has 0 bridgehead atoms. The van der Waals surface area contributed by atoms with Crippen LogP contribution in [0.4, 0.5) is 0 Å². The maximum atomic E-state index is 12.0. The summed E-state index contributed by atoms with van der Waals surface area (Å²) in [6.45, 7) is 0. The molecule has 1 heterocycles. The molecular weight excluding hydrogens is 274 g/mol. The monoisotopic (exact) mass is 295 g/mol. The smallest absolute Gasteiger partial charge is 0.212 e. The van der Waals surface area contributed by atoms with E-state index in [0.29, 0.717) is 6.42 Å². The topological polar surface area (TPSA) is 80.3 Å². The van der Waals surface area contributed by atoms with Crippen LogP contribution in [0.1, 0.15) is 38.5 Å². The molecule has 18 heavy (non-hydrogen) atoms. The molecule has 2 rings (SSSR count). The zero-order valence-corrected chi connectivity index (χ0v) is 12.1. The predicted octanol–water partition coefficient (Wildman–Crippen LogP) is 0.673. The normalized spacial score (nSPS) is 29.4. The highest BCUT2D eigenvalue weighted by Gasteiger charge is 2.31. The van der Waals surface area contributed by atoms with Crippen LogP contribution < -0.4 is 4.72 Å². The number of sulfone groups is 1. The fourth-order valence-electron chi connectivity index (χ4n) is 2.85. The zero-order valence-electron chi connectivity index (χ0n) is 10.5. The lowest BCUT2D eigenvalue weighted by molar-refractivity contribution is 0.383. The van der Waals surface area contributed by atoms with E-state index in [1.807, 2.05) is 0 Å². The number of rotatable bonds is 4. The molecule has 7 heteroatoms. The van der Waals surface area contributed by atoms with Crippen molar-refractivity contribution in [2.75, 3.05) is 17.3 Å². The summed E-state index contributed by atoms with van der Waals surface area (Å²) in [7, 11) is -6.36. The van der Waals surface area contributed by atoms with Crippen LogP contribution in [-0.4, -0.2) is 40.1 Å². The minimum Gasteiger partial charge on any atom is -0.229 e. The average Bonchev–Trinajstić information content (AvgIpc) is 2.57. The van der Waals surface area contributed by atoms with Crippen LogP contribution in [0.15, 0.2) is 0 Å². The molecule has 106 valence electrons. The molecule has 2 aliphatic rings. The molecule has 0 aromatic rings. The van der Waals surface area contributed by atoms with Gasteiger partial charge in [0.15, 0.2) is 9.84 Å². The van der Waals surface area contributed by atoms with Crippen molar-refractivity contribution >= 4 is 19.9 Å². The minimum absolute atomic E-state index is 0.0447. The Hall–Kier alpha value is -0.140. The van der Waals surface area contributed by atoms with Gasteiger partial charge in [-0.3, -0.25) is 0 Å². The van der Waals surface area contributed by atoms with Gasteiger partial charge in [0.25, 0.3) is 0 Å². The van der Waals surface area contributed by atoms with E-state index in [1.54, 1.807) is 0 Å². The van der Waals surface area contributed by atoms with E-state index in [-0.39, 0.29) is 23.2 Å². The van der Waals surface area contributed by atoms with Gasteiger partial charge in [-0.25, -0.2) is 21.6 Å². The quantitative estimate of drug-likeness (QED) is 0.827. The van der Waals surface area contributed by atoms with E-state index in [0.717, 1.165) is 25.7 Å². The van der Waals surface area contributed by atoms with Crippen molar-refractivity contribution in [2.24, 2.45) is 5.92 Å². The van der Waals surface area contributed by atoms with Gasteiger partial charge in [-0.1, -0.05) is 19.3 Å². The van der Waals surface area contributed by atoms with Crippen molar-refractivity contribution in [2.45, 2.75) is 44.6 Å². The summed E-state index contributed by atoms with van der Waals surface area (Å²) in [4.78, 5) is 0. The van der Waals surface area contributed by atoms with Crippen LogP contribution in [0, 0.1) is 5.92 Å². The summed E-state index contributed by atoms with van der Waals surface area (Å²) in [6, 6.07) is -0.413. The number of nitrogens with one attached hydrogen (secondary N) is 1. The first-order valence-electron chi connectivity index (χ1n) is 6.57. The van der Waals surface area contributed by atoms with Gasteiger partial charge in [-0.2, -0.15) is 0 Å². The largest absolute Gasteiger partial charge is 0.229 e. The number of hydrogen-bond acceptors (Lipinski definition) is 4. The average molecular weight is 295 g/mol. The minimum atomic E-state index is -3.33. The van der Waals surface area contributed by atoms with Crippen molar-refractivity contribution in [3.8, 4) is 0 Å². The molecule has 1 atom stereocenters. The second-order valence-electron chi connectivity index (χ2n) is 5.50. The summed E-state index contributed by atoms with van der Waals surface area (Å²) >= 11 is 0.